The molecule has 0 aliphatic heterocycles. The van der Waals surface area contributed by atoms with Crippen LogP contribution >= 0.6 is 0 Å². The minimum atomic E-state index is -0.00746. The SMILES string of the molecule is CC(C)NC(=O)CCC(C)NC(=O)C(C)C. The van der Waals surface area contributed by atoms with Gasteiger partial charge >= 0.3 is 0 Å². The zero-order valence-corrected chi connectivity index (χ0v) is 11.0. The van der Waals surface area contributed by atoms with Crippen molar-refractivity contribution in [1.82, 2.24) is 10.6 Å². The minimum absolute atomic E-state index is 0.00746. The van der Waals surface area contributed by atoms with Gasteiger partial charge in [-0.25, -0.2) is 0 Å². The van der Waals surface area contributed by atoms with Crippen molar-refractivity contribution in [3.05, 3.63) is 0 Å². The van der Waals surface area contributed by atoms with E-state index >= 15 is 0 Å². The largest absolute Gasteiger partial charge is 0.354 e. The maximum atomic E-state index is 11.4. The first-order valence-electron chi connectivity index (χ1n) is 5.92. The first kappa shape index (κ1) is 14.9. The second-order valence-corrected chi connectivity index (χ2v) is 4.83. The van der Waals surface area contributed by atoms with Crippen LogP contribution in [0.15, 0.2) is 0 Å². The summed E-state index contributed by atoms with van der Waals surface area (Å²) in [7, 11) is 0. The van der Waals surface area contributed by atoms with E-state index in [1.54, 1.807) is 0 Å². The third kappa shape index (κ3) is 7.26. The third-order valence-corrected chi connectivity index (χ3v) is 2.17. The second-order valence-electron chi connectivity index (χ2n) is 4.83. The zero-order chi connectivity index (χ0) is 12.7. The quantitative estimate of drug-likeness (QED) is 0.723. The molecule has 16 heavy (non-hydrogen) atoms. The van der Waals surface area contributed by atoms with Gasteiger partial charge in [0.25, 0.3) is 0 Å². The number of carbonyl (C=O) groups is 2. The Bertz CT molecular complexity index is 237. The van der Waals surface area contributed by atoms with Gasteiger partial charge in [-0.3, -0.25) is 9.59 Å². The monoisotopic (exact) mass is 228 g/mol. The Balaban J connectivity index is 3.77. The van der Waals surface area contributed by atoms with Crippen molar-refractivity contribution in [3.8, 4) is 0 Å². The normalized spacial score (nSPS) is 12.7. The Kier molecular flexibility index (Phi) is 6.77. The molecular formula is C12H24N2O2. The molecule has 94 valence electrons. The third-order valence-electron chi connectivity index (χ3n) is 2.17. The Morgan fingerprint density at radius 1 is 1.00 bits per heavy atom. The van der Waals surface area contributed by atoms with Gasteiger partial charge in [-0.1, -0.05) is 13.8 Å². The molecule has 0 heterocycles. The van der Waals surface area contributed by atoms with E-state index in [1.807, 2.05) is 34.6 Å². The van der Waals surface area contributed by atoms with Crippen molar-refractivity contribution < 1.29 is 9.59 Å². The fourth-order valence-electron chi connectivity index (χ4n) is 1.22. The standard InChI is InChI=1S/C12H24N2O2/c1-8(2)12(16)14-10(5)6-7-11(15)13-9(3)4/h8-10H,6-7H2,1-5H3,(H,13,15)(H,14,16). The Labute approximate surface area is 98.2 Å². The fourth-order valence-corrected chi connectivity index (χ4v) is 1.22. The molecule has 0 aliphatic rings. The molecule has 0 aromatic carbocycles. The summed E-state index contributed by atoms with van der Waals surface area (Å²) in [5.41, 5.74) is 0. The first-order valence-corrected chi connectivity index (χ1v) is 5.92. The predicted molar refractivity (Wildman–Crippen MR) is 65.0 cm³/mol. The fraction of sp³-hybridized carbons (Fsp3) is 0.833. The topological polar surface area (TPSA) is 58.2 Å². The summed E-state index contributed by atoms with van der Waals surface area (Å²) in [4.78, 5) is 22.7. The van der Waals surface area contributed by atoms with Crippen molar-refractivity contribution in [2.45, 2.75) is 59.5 Å². The molecule has 1 atom stereocenters. The van der Waals surface area contributed by atoms with Crippen LogP contribution in [0, 0.1) is 5.92 Å². The minimum Gasteiger partial charge on any atom is -0.354 e. The van der Waals surface area contributed by atoms with Crippen LogP contribution in [-0.4, -0.2) is 23.9 Å². The van der Waals surface area contributed by atoms with Crippen molar-refractivity contribution in [2.24, 2.45) is 5.92 Å². The average molecular weight is 228 g/mol. The van der Waals surface area contributed by atoms with Gasteiger partial charge in [0.2, 0.25) is 11.8 Å². The van der Waals surface area contributed by atoms with Gasteiger partial charge < -0.3 is 10.6 Å². The van der Waals surface area contributed by atoms with Crippen LogP contribution in [-0.2, 0) is 9.59 Å². The molecule has 2 amide bonds. The molecule has 0 aromatic heterocycles. The van der Waals surface area contributed by atoms with E-state index in [9.17, 15) is 9.59 Å². The molecule has 0 saturated heterocycles. The molecule has 0 radical (unpaired) electrons. The number of amides is 2. The number of hydrogen-bond donors (Lipinski definition) is 2. The maximum Gasteiger partial charge on any atom is 0.222 e. The highest BCUT2D eigenvalue weighted by molar-refractivity contribution is 5.78. The average Bonchev–Trinajstić information content (AvgIpc) is 2.13. The van der Waals surface area contributed by atoms with Crippen molar-refractivity contribution >= 4 is 11.8 Å². The van der Waals surface area contributed by atoms with Crippen LogP contribution < -0.4 is 10.6 Å². The van der Waals surface area contributed by atoms with E-state index < -0.39 is 0 Å². The summed E-state index contributed by atoms with van der Waals surface area (Å²) in [6.45, 7) is 9.49. The molecule has 4 heteroatoms. The van der Waals surface area contributed by atoms with E-state index in [0.717, 1.165) is 0 Å². The van der Waals surface area contributed by atoms with Gasteiger partial charge in [-0.2, -0.15) is 0 Å². The van der Waals surface area contributed by atoms with Gasteiger partial charge in [0, 0.05) is 24.4 Å². The Hall–Kier alpha value is -1.06. The summed E-state index contributed by atoms with van der Waals surface area (Å²) in [6, 6.07) is 0.223. The predicted octanol–water partition coefficient (Wildman–Crippen LogP) is 1.45. The summed E-state index contributed by atoms with van der Waals surface area (Å²) in [5, 5.41) is 5.69. The van der Waals surface area contributed by atoms with Crippen molar-refractivity contribution in [1.29, 1.82) is 0 Å². The lowest BCUT2D eigenvalue weighted by Crippen LogP contribution is -2.37. The van der Waals surface area contributed by atoms with E-state index in [-0.39, 0.29) is 29.8 Å². The van der Waals surface area contributed by atoms with Crippen molar-refractivity contribution in [2.75, 3.05) is 0 Å². The van der Waals surface area contributed by atoms with Gasteiger partial charge in [0.05, 0.1) is 0 Å². The summed E-state index contributed by atoms with van der Waals surface area (Å²) in [6.07, 6.45) is 1.13. The van der Waals surface area contributed by atoms with Crippen LogP contribution in [0.1, 0.15) is 47.5 Å². The van der Waals surface area contributed by atoms with E-state index in [4.69, 9.17) is 0 Å². The lowest BCUT2D eigenvalue weighted by Gasteiger charge is -2.15. The number of hydrogen-bond acceptors (Lipinski definition) is 2. The molecule has 0 saturated carbocycles. The van der Waals surface area contributed by atoms with Gasteiger partial charge in [0.15, 0.2) is 0 Å². The highest BCUT2D eigenvalue weighted by Gasteiger charge is 2.12. The maximum absolute atomic E-state index is 11.4. The molecule has 0 rings (SSSR count). The van der Waals surface area contributed by atoms with Gasteiger partial charge in [-0.05, 0) is 27.2 Å². The van der Waals surface area contributed by atoms with Crippen LogP contribution in [0.5, 0.6) is 0 Å². The number of rotatable bonds is 6. The second kappa shape index (κ2) is 7.25. The van der Waals surface area contributed by atoms with Gasteiger partial charge in [-0.15, -0.1) is 0 Å². The van der Waals surface area contributed by atoms with Crippen LogP contribution in [0.4, 0.5) is 0 Å². The lowest BCUT2D eigenvalue weighted by molar-refractivity contribution is -0.125. The first-order chi connectivity index (χ1) is 7.32. The van der Waals surface area contributed by atoms with Crippen LogP contribution in [0.2, 0.25) is 0 Å². The Morgan fingerprint density at radius 2 is 1.56 bits per heavy atom. The molecule has 0 fully saturated rings. The number of nitrogens with one attached hydrogen (secondary N) is 2. The van der Waals surface area contributed by atoms with Crippen LogP contribution in [0.3, 0.4) is 0 Å². The van der Waals surface area contributed by atoms with E-state index in [2.05, 4.69) is 10.6 Å². The molecular weight excluding hydrogens is 204 g/mol. The van der Waals surface area contributed by atoms with E-state index in [0.29, 0.717) is 12.8 Å². The van der Waals surface area contributed by atoms with Crippen LogP contribution in [0.25, 0.3) is 0 Å². The lowest BCUT2D eigenvalue weighted by atomic mass is 10.1. The van der Waals surface area contributed by atoms with Crippen molar-refractivity contribution in [3.63, 3.8) is 0 Å². The smallest absolute Gasteiger partial charge is 0.222 e. The molecule has 4 nitrogen and oxygen atoms in total. The molecule has 0 spiro atoms. The van der Waals surface area contributed by atoms with Gasteiger partial charge in [0.1, 0.15) is 0 Å². The molecule has 2 N–H and O–H groups in total. The highest BCUT2D eigenvalue weighted by Crippen LogP contribution is 1.99. The summed E-state index contributed by atoms with van der Waals surface area (Å²) >= 11 is 0. The summed E-state index contributed by atoms with van der Waals surface area (Å²) < 4.78 is 0. The molecule has 0 bridgehead atoms. The molecule has 1 unspecified atom stereocenters. The zero-order valence-electron chi connectivity index (χ0n) is 11.0. The highest BCUT2D eigenvalue weighted by atomic mass is 16.2. The molecule has 0 aliphatic carbocycles. The summed E-state index contributed by atoms with van der Waals surface area (Å²) in [5.74, 6) is 0.0735. The van der Waals surface area contributed by atoms with E-state index in [1.165, 1.54) is 0 Å². The number of carbonyl (C=O) groups excluding carboxylic acids is 2. The Morgan fingerprint density at radius 3 is 2.00 bits per heavy atom. The molecule has 0 aromatic rings.